The molecule has 116 valence electrons. The molecule has 7 heteroatoms. The number of rotatable bonds is 9. The first-order chi connectivity index (χ1) is 10.8. The van der Waals surface area contributed by atoms with Gasteiger partial charge in [-0.25, -0.2) is 4.68 Å². The van der Waals surface area contributed by atoms with E-state index in [9.17, 15) is 0 Å². The molecular formula is C15H19N5O2. The molecule has 0 radical (unpaired) electrons. The van der Waals surface area contributed by atoms with Crippen molar-refractivity contribution in [2.45, 2.75) is 13.1 Å². The number of anilines is 1. The van der Waals surface area contributed by atoms with Gasteiger partial charge in [0.2, 0.25) is 5.95 Å². The van der Waals surface area contributed by atoms with Crippen LogP contribution in [0.4, 0.5) is 5.95 Å². The molecular weight excluding hydrogens is 282 g/mol. The normalized spacial score (nSPS) is 10.0. The highest BCUT2D eigenvalue weighted by Crippen LogP contribution is 2.28. The Kier molecular flexibility index (Phi) is 5.53. The van der Waals surface area contributed by atoms with E-state index in [-0.39, 0.29) is 0 Å². The van der Waals surface area contributed by atoms with E-state index in [4.69, 9.17) is 9.47 Å². The topological polar surface area (TPSA) is 74.1 Å². The zero-order valence-electron chi connectivity index (χ0n) is 12.5. The highest BCUT2D eigenvalue weighted by atomic mass is 16.5. The molecule has 0 fully saturated rings. The monoisotopic (exact) mass is 301 g/mol. The Morgan fingerprint density at radius 1 is 1.27 bits per heavy atom. The highest BCUT2D eigenvalue weighted by Gasteiger charge is 2.07. The zero-order chi connectivity index (χ0) is 15.8. The Bertz CT molecular complexity index is 639. The number of ether oxygens (including phenoxy) is 2. The average Bonchev–Trinajstić information content (AvgIpc) is 2.99. The molecule has 0 bridgehead atoms. The summed E-state index contributed by atoms with van der Waals surface area (Å²) in [6.45, 7) is 8.84. The predicted octanol–water partition coefficient (Wildman–Crippen LogP) is 2.04. The molecule has 0 atom stereocenters. The summed E-state index contributed by atoms with van der Waals surface area (Å²) in [6, 6.07) is 5.73. The summed E-state index contributed by atoms with van der Waals surface area (Å²) in [7, 11) is 1.61. The second-order valence-electron chi connectivity index (χ2n) is 4.41. The van der Waals surface area contributed by atoms with E-state index in [2.05, 4.69) is 34.0 Å². The summed E-state index contributed by atoms with van der Waals surface area (Å²) in [4.78, 5) is 0. The Balaban J connectivity index is 2.04. The van der Waals surface area contributed by atoms with Crippen LogP contribution in [-0.4, -0.2) is 33.9 Å². The number of nitrogens with one attached hydrogen (secondary N) is 1. The summed E-state index contributed by atoms with van der Waals surface area (Å²) >= 11 is 0. The highest BCUT2D eigenvalue weighted by molar-refractivity contribution is 5.44. The molecule has 22 heavy (non-hydrogen) atoms. The number of tetrazole rings is 1. The predicted molar refractivity (Wildman–Crippen MR) is 84.0 cm³/mol. The van der Waals surface area contributed by atoms with Crippen molar-refractivity contribution in [1.82, 2.24) is 20.2 Å². The second-order valence-corrected chi connectivity index (χ2v) is 4.41. The van der Waals surface area contributed by atoms with Gasteiger partial charge < -0.3 is 14.8 Å². The van der Waals surface area contributed by atoms with Crippen LogP contribution in [0, 0.1) is 0 Å². The van der Waals surface area contributed by atoms with Crippen molar-refractivity contribution in [2.24, 2.45) is 0 Å². The van der Waals surface area contributed by atoms with Gasteiger partial charge in [-0.3, -0.25) is 0 Å². The van der Waals surface area contributed by atoms with Gasteiger partial charge in [-0.1, -0.05) is 29.9 Å². The third-order valence-corrected chi connectivity index (χ3v) is 2.87. The molecule has 1 aromatic carbocycles. The number of hydrogen-bond acceptors (Lipinski definition) is 6. The standard InChI is InChI=1S/C15H19N5O2/c1-4-8-20-15(17-18-19-20)16-11-12-6-7-13(22-9-5-2)14(10-12)21-3/h4-7,10H,1-2,8-9,11H2,3H3,(H,16,17,19). The fourth-order valence-corrected chi connectivity index (χ4v) is 1.85. The maximum atomic E-state index is 5.52. The van der Waals surface area contributed by atoms with Gasteiger partial charge in [0.05, 0.1) is 13.7 Å². The molecule has 7 nitrogen and oxygen atoms in total. The molecule has 0 spiro atoms. The van der Waals surface area contributed by atoms with Crippen molar-refractivity contribution in [1.29, 1.82) is 0 Å². The lowest BCUT2D eigenvalue weighted by molar-refractivity contribution is 0.326. The third kappa shape index (κ3) is 3.85. The molecule has 0 aliphatic rings. The summed E-state index contributed by atoms with van der Waals surface area (Å²) in [5.41, 5.74) is 1.02. The number of benzene rings is 1. The van der Waals surface area contributed by atoms with Crippen molar-refractivity contribution in [3.63, 3.8) is 0 Å². The fraction of sp³-hybridized carbons (Fsp3) is 0.267. The van der Waals surface area contributed by atoms with Gasteiger partial charge in [-0.2, -0.15) is 0 Å². The van der Waals surface area contributed by atoms with Crippen molar-refractivity contribution in [3.05, 3.63) is 49.1 Å². The Hall–Kier alpha value is -2.83. The van der Waals surface area contributed by atoms with E-state index in [0.29, 0.717) is 37.1 Å². The number of nitrogens with zero attached hydrogens (tertiary/aromatic N) is 4. The molecule has 0 amide bonds. The minimum Gasteiger partial charge on any atom is -0.493 e. The summed E-state index contributed by atoms with van der Waals surface area (Å²) in [6.07, 6.45) is 3.42. The van der Waals surface area contributed by atoms with Crippen LogP contribution < -0.4 is 14.8 Å². The lowest BCUT2D eigenvalue weighted by atomic mass is 10.2. The molecule has 1 aromatic heterocycles. The van der Waals surface area contributed by atoms with E-state index < -0.39 is 0 Å². The lowest BCUT2D eigenvalue weighted by Gasteiger charge is -2.11. The summed E-state index contributed by atoms with van der Waals surface area (Å²) < 4.78 is 12.5. The quantitative estimate of drug-likeness (QED) is 0.715. The Morgan fingerprint density at radius 3 is 2.86 bits per heavy atom. The van der Waals surface area contributed by atoms with Gasteiger partial charge in [0.1, 0.15) is 6.61 Å². The van der Waals surface area contributed by atoms with E-state index in [1.54, 1.807) is 23.9 Å². The van der Waals surface area contributed by atoms with Crippen LogP contribution in [0.3, 0.4) is 0 Å². The number of hydrogen-bond donors (Lipinski definition) is 1. The van der Waals surface area contributed by atoms with Gasteiger partial charge >= 0.3 is 0 Å². The van der Waals surface area contributed by atoms with Crippen molar-refractivity contribution >= 4 is 5.95 Å². The first-order valence-corrected chi connectivity index (χ1v) is 6.80. The minimum absolute atomic E-state index is 0.435. The summed E-state index contributed by atoms with van der Waals surface area (Å²) in [5.74, 6) is 1.94. The van der Waals surface area contributed by atoms with Crippen molar-refractivity contribution in [2.75, 3.05) is 19.0 Å². The van der Waals surface area contributed by atoms with Crippen LogP contribution in [0.25, 0.3) is 0 Å². The van der Waals surface area contributed by atoms with Crippen LogP contribution in [-0.2, 0) is 13.1 Å². The molecule has 0 aliphatic carbocycles. The number of aromatic nitrogens is 4. The molecule has 0 saturated carbocycles. The maximum absolute atomic E-state index is 5.52. The number of allylic oxidation sites excluding steroid dienone is 1. The van der Waals surface area contributed by atoms with Gasteiger partial charge in [0, 0.05) is 6.54 Å². The Labute approximate surface area is 129 Å². The van der Waals surface area contributed by atoms with Crippen molar-refractivity contribution in [3.8, 4) is 11.5 Å². The van der Waals surface area contributed by atoms with Crippen LogP contribution in [0.2, 0.25) is 0 Å². The summed E-state index contributed by atoms with van der Waals surface area (Å²) in [5, 5.41) is 14.6. The molecule has 2 aromatic rings. The largest absolute Gasteiger partial charge is 0.493 e. The molecule has 0 unspecified atom stereocenters. The SMILES string of the molecule is C=CCOc1ccc(CNc2nnnn2CC=C)cc1OC. The lowest BCUT2D eigenvalue weighted by Crippen LogP contribution is -2.08. The van der Waals surface area contributed by atoms with E-state index in [1.165, 1.54) is 0 Å². The number of methoxy groups -OCH3 is 1. The first-order valence-electron chi connectivity index (χ1n) is 6.80. The second kappa shape index (κ2) is 7.82. The smallest absolute Gasteiger partial charge is 0.243 e. The van der Waals surface area contributed by atoms with Crippen LogP contribution in [0.5, 0.6) is 11.5 Å². The molecule has 1 N–H and O–H groups in total. The van der Waals surface area contributed by atoms with Gasteiger partial charge in [-0.05, 0) is 28.1 Å². The molecule has 1 heterocycles. The van der Waals surface area contributed by atoms with E-state index >= 15 is 0 Å². The average molecular weight is 301 g/mol. The Morgan fingerprint density at radius 2 is 2.14 bits per heavy atom. The van der Waals surface area contributed by atoms with Gasteiger partial charge in [0.25, 0.3) is 0 Å². The third-order valence-electron chi connectivity index (χ3n) is 2.87. The fourth-order valence-electron chi connectivity index (χ4n) is 1.85. The zero-order valence-corrected chi connectivity index (χ0v) is 12.5. The van der Waals surface area contributed by atoms with E-state index in [0.717, 1.165) is 5.56 Å². The van der Waals surface area contributed by atoms with Gasteiger partial charge in [-0.15, -0.1) is 6.58 Å². The molecule has 0 saturated heterocycles. The molecule has 0 aliphatic heterocycles. The minimum atomic E-state index is 0.435. The van der Waals surface area contributed by atoms with Gasteiger partial charge in [0.15, 0.2) is 11.5 Å². The molecule has 2 rings (SSSR count). The maximum Gasteiger partial charge on any atom is 0.243 e. The van der Waals surface area contributed by atoms with E-state index in [1.807, 2.05) is 18.2 Å². The van der Waals surface area contributed by atoms with Crippen molar-refractivity contribution < 1.29 is 9.47 Å². The van der Waals surface area contributed by atoms with Crippen LogP contribution in [0.1, 0.15) is 5.56 Å². The van der Waals surface area contributed by atoms with Crippen LogP contribution >= 0.6 is 0 Å². The van der Waals surface area contributed by atoms with Crippen LogP contribution in [0.15, 0.2) is 43.5 Å². The first kappa shape index (κ1) is 15.6.